The molecule has 0 saturated carbocycles. The van der Waals surface area contributed by atoms with E-state index in [1.54, 1.807) is 27.7 Å². The fourth-order valence-electron chi connectivity index (χ4n) is 1.77. The van der Waals surface area contributed by atoms with E-state index in [0.717, 1.165) is 0 Å². The summed E-state index contributed by atoms with van der Waals surface area (Å²) in [7, 11) is 0. The maximum Gasteiger partial charge on any atom is 0.405 e. The summed E-state index contributed by atoms with van der Waals surface area (Å²) < 4.78 is 0. The van der Waals surface area contributed by atoms with Crippen molar-refractivity contribution in [2.45, 2.75) is 45.2 Å². The highest BCUT2D eigenvalue weighted by atomic mass is 16.4. The zero-order valence-corrected chi connectivity index (χ0v) is 9.42. The van der Waals surface area contributed by atoms with Gasteiger partial charge in [0.15, 0.2) is 0 Å². The zero-order chi connectivity index (χ0) is 12.3. The molecule has 4 N–H and O–H groups in total. The lowest BCUT2D eigenvalue weighted by atomic mass is 9.87. The third-order valence-electron chi connectivity index (χ3n) is 1.77. The summed E-state index contributed by atoms with van der Waals surface area (Å²) in [6.45, 7) is 6.80. The largest absolute Gasteiger partial charge is 0.465 e. The molecule has 2 amide bonds. The van der Waals surface area contributed by atoms with E-state index < -0.39 is 23.3 Å². The molecule has 0 aromatic carbocycles. The van der Waals surface area contributed by atoms with Gasteiger partial charge in [0.05, 0.1) is 0 Å². The predicted octanol–water partition coefficient (Wildman–Crippen LogP) is 1.47. The summed E-state index contributed by atoms with van der Waals surface area (Å²) in [5, 5.41) is 21.8. The van der Waals surface area contributed by atoms with Crippen molar-refractivity contribution in [2.24, 2.45) is 0 Å². The van der Waals surface area contributed by atoms with Crippen molar-refractivity contribution in [1.82, 2.24) is 10.6 Å². The minimum Gasteiger partial charge on any atom is -0.465 e. The first kappa shape index (κ1) is 13.5. The topological polar surface area (TPSA) is 98.7 Å². The summed E-state index contributed by atoms with van der Waals surface area (Å²) in [6, 6.07) is 0. The summed E-state index contributed by atoms with van der Waals surface area (Å²) in [4.78, 5) is 21.0. The van der Waals surface area contributed by atoms with Gasteiger partial charge in [0.25, 0.3) is 0 Å². The highest BCUT2D eigenvalue weighted by Crippen LogP contribution is 2.19. The maximum absolute atomic E-state index is 10.5. The molecule has 6 nitrogen and oxygen atoms in total. The van der Waals surface area contributed by atoms with Crippen LogP contribution in [-0.2, 0) is 0 Å². The Labute approximate surface area is 88.7 Å². The lowest BCUT2D eigenvalue weighted by Crippen LogP contribution is -2.53. The van der Waals surface area contributed by atoms with Crippen LogP contribution in [0, 0.1) is 0 Å². The molecule has 0 unspecified atom stereocenters. The van der Waals surface area contributed by atoms with E-state index in [2.05, 4.69) is 10.6 Å². The van der Waals surface area contributed by atoms with Gasteiger partial charge in [-0.3, -0.25) is 0 Å². The Morgan fingerprint density at radius 3 is 1.40 bits per heavy atom. The van der Waals surface area contributed by atoms with Gasteiger partial charge in [0.1, 0.15) is 0 Å². The van der Waals surface area contributed by atoms with Crippen LogP contribution in [0.5, 0.6) is 0 Å². The molecular weight excluding hydrogens is 200 g/mol. The molecule has 88 valence electrons. The van der Waals surface area contributed by atoms with Crippen molar-refractivity contribution in [2.75, 3.05) is 0 Å². The minimum atomic E-state index is -1.12. The number of rotatable bonds is 4. The molecule has 0 rings (SSSR count). The molecule has 0 spiro atoms. The molecule has 6 heteroatoms. The molecule has 0 aliphatic heterocycles. The second-order valence-corrected chi connectivity index (χ2v) is 4.80. The fourth-order valence-corrected chi connectivity index (χ4v) is 1.77. The Balaban J connectivity index is 4.42. The predicted molar refractivity (Wildman–Crippen MR) is 55.1 cm³/mol. The van der Waals surface area contributed by atoms with Crippen LogP contribution < -0.4 is 10.6 Å². The average Bonchev–Trinajstić information content (AvgIpc) is 1.73. The third-order valence-corrected chi connectivity index (χ3v) is 1.77. The van der Waals surface area contributed by atoms with E-state index in [1.807, 2.05) is 0 Å². The molecule has 0 aliphatic carbocycles. The van der Waals surface area contributed by atoms with Crippen molar-refractivity contribution >= 4 is 12.2 Å². The van der Waals surface area contributed by atoms with Crippen molar-refractivity contribution < 1.29 is 19.8 Å². The number of hydrogen-bond donors (Lipinski definition) is 4. The van der Waals surface area contributed by atoms with E-state index >= 15 is 0 Å². The number of hydrogen-bond acceptors (Lipinski definition) is 2. The Bertz CT molecular complexity index is 235. The van der Waals surface area contributed by atoms with Gasteiger partial charge < -0.3 is 20.8 Å². The van der Waals surface area contributed by atoms with E-state index in [4.69, 9.17) is 10.2 Å². The lowest BCUT2D eigenvalue weighted by molar-refractivity contribution is 0.163. The molecule has 0 aromatic heterocycles. The van der Waals surface area contributed by atoms with Gasteiger partial charge in [-0.2, -0.15) is 0 Å². The van der Waals surface area contributed by atoms with Crippen LogP contribution in [0.4, 0.5) is 9.59 Å². The molecule has 0 radical (unpaired) electrons. The third kappa shape index (κ3) is 6.59. The SMILES string of the molecule is CC(C)(CC(C)(C)NC(=O)O)NC(=O)O. The molecule has 15 heavy (non-hydrogen) atoms. The Kier molecular flexibility index (Phi) is 3.95. The van der Waals surface area contributed by atoms with Crippen LogP contribution in [0.2, 0.25) is 0 Å². The molecule has 0 bridgehead atoms. The molecule has 0 atom stereocenters. The molecule has 0 aromatic rings. The summed E-state index contributed by atoms with van der Waals surface area (Å²) in [6.07, 6.45) is -1.88. The van der Waals surface area contributed by atoms with Crippen molar-refractivity contribution in [3.05, 3.63) is 0 Å². The standard InChI is InChI=1S/C9H18N2O4/c1-8(2,10-6(12)13)5-9(3,4)11-7(14)15/h10-11H,5H2,1-4H3,(H,12,13)(H,14,15). The Morgan fingerprint density at radius 2 is 1.20 bits per heavy atom. The Hall–Kier alpha value is -1.46. The van der Waals surface area contributed by atoms with Crippen LogP contribution in [0.3, 0.4) is 0 Å². The molecular formula is C9H18N2O4. The molecule has 0 heterocycles. The Morgan fingerprint density at radius 1 is 0.933 bits per heavy atom. The van der Waals surface area contributed by atoms with E-state index in [0.29, 0.717) is 6.42 Å². The number of carbonyl (C=O) groups is 2. The number of carboxylic acid groups (broad SMARTS) is 2. The van der Waals surface area contributed by atoms with Crippen molar-refractivity contribution in [1.29, 1.82) is 0 Å². The lowest BCUT2D eigenvalue weighted by Gasteiger charge is -2.34. The van der Waals surface area contributed by atoms with Crippen LogP contribution in [0.25, 0.3) is 0 Å². The van der Waals surface area contributed by atoms with Gasteiger partial charge in [0.2, 0.25) is 0 Å². The number of amides is 2. The van der Waals surface area contributed by atoms with Crippen molar-refractivity contribution in [3.63, 3.8) is 0 Å². The molecule has 0 saturated heterocycles. The average molecular weight is 218 g/mol. The van der Waals surface area contributed by atoms with Gasteiger partial charge in [-0.25, -0.2) is 9.59 Å². The van der Waals surface area contributed by atoms with Gasteiger partial charge in [0, 0.05) is 11.1 Å². The quantitative estimate of drug-likeness (QED) is 0.574. The second-order valence-electron chi connectivity index (χ2n) is 4.80. The van der Waals surface area contributed by atoms with Crippen LogP contribution in [0.15, 0.2) is 0 Å². The summed E-state index contributed by atoms with van der Waals surface area (Å²) in [5.74, 6) is 0. The van der Waals surface area contributed by atoms with Crippen LogP contribution >= 0.6 is 0 Å². The van der Waals surface area contributed by atoms with Gasteiger partial charge in [-0.15, -0.1) is 0 Å². The first-order valence-corrected chi connectivity index (χ1v) is 4.56. The van der Waals surface area contributed by atoms with Gasteiger partial charge >= 0.3 is 12.2 Å². The minimum absolute atomic E-state index is 0.360. The smallest absolute Gasteiger partial charge is 0.405 e. The monoisotopic (exact) mass is 218 g/mol. The molecule has 0 aliphatic rings. The second kappa shape index (κ2) is 4.37. The molecule has 0 fully saturated rings. The highest BCUT2D eigenvalue weighted by Gasteiger charge is 2.31. The normalized spacial score (nSPS) is 12.0. The first-order chi connectivity index (χ1) is 6.54. The summed E-state index contributed by atoms with van der Waals surface area (Å²) >= 11 is 0. The van der Waals surface area contributed by atoms with Gasteiger partial charge in [-0.1, -0.05) is 0 Å². The summed E-state index contributed by atoms with van der Waals surface area (Å²) in [5.41, 5.74) is -1.37. The highest BCUT2D eigenvalue weighted by molar-refractivity contribution is 5.66. The van der Waals surface area contributed by atoms with Crippen molar-refractivity contribution in [3.8, 4) is 0 Å². The van der Waals surface area contributed by atoms with Crippen LogP contribution in [0.1, 0.15) is 34.1 Å². The van der Waals surface area contributed by atoms with E-state index in [-0.39, 0.29) is 0 Å². The van der Waals surface area contributed by atoms with Gasteiger partial charge in [-0.05, 0) is 34.1 Å². The zero-order valence-electron chi connectivity index (χ0n) is 9.42. The number of nitrogens with one attached hydrogen (secondary N) is 2. The maximum atomic E-state index is 10.5. The van der Waals surface area contributed by atoms with Crippen LogP contribution in [-0.4, -0.2) is 33.5 Å². The first-order valence-electron chi connectivity index (χ1n) is 4.56. The van der Waals surface area contributed by atoms with E-state index in [9.17, 15) is 9.59 Å². The van der Waals surface area contributed by atoms with E-state index in [1.165, 1.54) is 0 Å². The fraction of sp³-hybridized carbons (Fsp3) is 0.778.